The van der Waals surface area contributed by atoms with E-state index >= 15 is 0 Å². The number of allylic oxidation sites excluding steroid dienone is 1. The van der Waals surface area contributed by atoms with E-state index in [4.69, 9.17) is 9.31 Å². The molecular weight excluding hydrogens is 247 g/mol. The SMILES string of the molecule is CC(C)C(=Cc1ccccc1)B1OC(C)(C)C(C)(C)O1. The van der Waals surface area contributed by atoms with E-state index in [0.29, 0.717) is 5.92 Å². The number of hydrogen-bond donors (Lipinski definition) is 0. The fourth-order valence-corrected chi connectivity index (χ4v) is 2.23. The third-order valence-electron chi connectivity index (χ3n) is 4.32. The molecule has 0 aliphatic carbocycles. The lowest BCUT2D eigenvalue weighted by Crippen LogP contribution is -2.41. The maximum atomic E-state index is 6.17. The topological polar surface area (TPSA) is 18.5 Å². The van der Waals surface area contributed by atoms with Gasteiger partial charge in [-0.1, -0.05) is 50.3 Å². The van der Waals surface area contributed by atoms with Crippen LogP contribution < -0.4 is 0 Å². The highest BCUT2D eigenvalue weighted by Crippen LogP contribution is 2.40. The first-order valence-electron chi connectivity index (χ1n) is 7.35. The summed E-state index contributed by atoms with van der Waals surface area (Å²) in [7, 11) is -0.264. The average Bonchev–Trinajstić information content (AvgIpc) is 2.56. The summed E-state index contributed by atoms with van der Waals surface area (Å²) in [5.74, 6) is 0.380. The van der Waals surface area contributed by atoms with E-state index in [2.05, 4.69) is 59.8 Å². The lowest BCUT2D eigenvalue weighted by molar-refractivity contribution is 0.00578. The maximum absolute atomic E-state index is 6.17. The Balaban J connectivity index is 2.30. The van der Waals surface area contributed by atoms with Gasteiger partial charge >= 0.3 is 7.12 Å². The number of hydrogen-bond acceptors (Lipinski definition) is 2. The molecule has 0 atom stereocenters. The van der Waals surface area contributed by atoms with Gasteiger partial charge in [-0.2, -0.15) is 0 Å². The predicted octanol–water partition coefficient (Wildman–Crippen LogP) is 4.36. The molecule has 20 heavy (non-hydrogen) atoms. The summed E-state index contributed by atoms with van der Waals surface area (Å²) >= 11 is 0. The molecule has 0 N–H and O–H groups in total. The summed E-state index contributed by atoms with van der Waals surface area (Å²) < 4.78 is 12.3. The van der Waals surface area contributed by atoms with Crippen molar-refractivity contribution in [3.63, 3.8) is 0 Å². The molecule has 0 aromatic heterocycles. The van der Waals surface area contributed by atoms with Crippen molar-refractivity contribution in [3.05, 3.63) is 41.4 Å². The minimum absolute atomic E-state index is 0.264. The summed E-state index contributed by atoms with van der Waals surface area (Å²) in [6.45, 7) is 12.7. The lowest BCUT2D eigenvalue weighted by Gasteiger charge is -2.32. The highest BCUT2D eigenvalue weighted by Gasteiger charge is 2.52. The molecule has 2 nitrogen and oxygen atoms in total. The molecule has 1 aliphatic heterocycles. The Kier molecular flexibility index (Phi) is 4.13. The smallest absolute Gasteiger partial charge is 0.400 e. The maximum Gasteiger partial charge on any atom is 0.490 e. The van der Waals surface area contributed by atoms with Crippen molar-refractivity contribution in [2.45, 2.75) is 52.7 Å². The van der Waals surface area contributed by atoms with Crippen molar-refractivity contribution in [1.29, 1.82) is 0 Å². The summed E-state index contributed by atoms with van der Waals surface area (Å²) in [6.07, 6.45) is 2.19. The Morgan fingerprint density at radius 1 is 1.00 bits per heavy atom. The van der Waals surface area contributed by atoms with Crippen LogP contribution in [0.3, 0.4) is 0 Å². The van der Waals surface area contributed by atoms with Crippen LogP contribution in [0, 0.1) is 5.92 Å². The van der Waals surface area contributed by atoms with E-state index in [0.717, 1.165) is 0 Å². The van der Waals surface area contributed by atoms with E-state index in [1.807, 2.05) is 18.2 Å². The first-order valence-corrected chi connectivity index (χ1v) is 7.35. The van der Waals surface area contributed by atoms with Crippen molar-refractivity contribution in [2.75, 3.05) is 0 Å². The average molecular weight is 272 g/mol. The third-order valence-corrected chi connectivity index (χ3v) is 4.32. The monoisotopic (exact) mass is 272 g/mol. The van der Waals surface area contributed by atoms with Gasteiger partial charge in [0.25, 0.3) is 0 Å². The molecule has 0 bridgehead atoms. The van der Waals surface area contributed by atoms with Gasteiger partial charge in [-0.25, -0.2) is 0 Å². The fourth-order valence-electron chi connectivity index (χ4n) is 2.23. The molecule has 1 aliphatic rings. The normalized spacial score (nSPS) is 21.6. The van der Waals surface area contributed by atoms with Gasteiger partial charge in [0, 0.05) is 0 Å². The van der Waals surface area contributed by atoms with Crippen LogP contribution in [0.15, 0.2) is 35.8 Å². The van der Waals surface area contributed by atoms with Gasteiger partial charge in [-0.05, 0) is 44.6 Å². The molecule has 0 saturated carbocycles. The zero-order chi connectivity index (χ0) is 15.0. The van der Waals surface area contributed by atoms with E-state index < -0.39 is 0 Å². The third kappa shape index (κ3) is 2.99. The second-order valence-corrected chi connectivity index (χ2v) is 6.80. The van der Waals surface area contributed by atoms with Crippen LogP contribution in [0.25, 0.3) is 6.08 Å². The lowest BCUT2D eigenvalue weighted by atomic mass is 9.71. The minimum atomic E-state index is -0.289. The zero-order valence-corrected chi connectivity index (χ0v) is 13.4. The van der Waals surface area contributed by atoms with Gasteiger partial charge in [0.2, 0.25) is 0 Å². The van der Waals surface area contributed by atoms with Crippen molar-refractivity contribution in [3.8, 4) is 0 Å². The Morgan fingerprint density at radius 3 is 1.95 bits per heavy atom. The Hall–Kier alpha value is -1.06. The molecule has 1 heterocycles. The summed E-state index contributed by atoms with van der Waals surface area (Å²) in [5, 5.41) is 0. The van der Waals surface area contributed by atoms with Crippen LogP contribution in [-0.4, -0.2) is 18.3 Å². The molecule has 1 fully saturated rings. The summed E-state index contributed by atoms with van der Waals surface area (Å²) in [6, 6.07) is 10.3. The van der Waals surface area contributed by atoms with E-state index in [9.17, 15) is 0 Å². The number of rotatable bonds is 3. The summed E-state index contributed by atoms with van der Waals surface area (Å²) in [4.78, 5) is 0. The second kappa shape index (κ2) is 5.38. The standard InChI is InChI=1S/C17H25BO2/c1-13(2)15(12-14-10-8-7-9-11-14)18-19-16(3,4)17(5,6)20-18/h7-13H,1-6H3. The fraction of sp³-hybridized carbons (Fsp3) is 0.529. The quantitative estimate of drug-likeness (QED) is 0.761. The first kappa shape index (κ1) is 15.3. The molecule has 1 aromatic carbocycles. The second-order valence-electron chi connectivity index (χ2n) is 6.80. The molecule has 0 unspecified atom stereocenters. The van der Waals surface area contributed by atoms with Crippen molar-refractivity contribution < 1.29 is 9.31 Å². The van der Waals surface area contributed by atoms with E-state index in [1.165, 1.54) is 11.0 Å². The minimum Gasteiger partial charge on any atom is -0.400 e. The molecule has 1 saturated heterocycles. The van der Waals surface area contributed by atoms with E-state index in [1.54, 1.807) is 0 Å². The highest BCUT2D eigenvalue weighted by atomic mass is 16.7. The molecule has 2 rings (SSSR count). The van der Waals surface area contributed by atoms with Crippen molar-refractivity contribution in [1.82, 2.24) is 0 Å². The number of benzene rings is 1. The Labute approximate surface area is 123 Å². The molecule has 108 valence electrons. The van der Waals surface area contributed by atoms with Gasteiger partial charge in [0.15, 0.2) is 0 Å². The van der Waals surface area contributed by atoms with Gasteiger partial charge in [-0.15, -0.1) is 0 Å². The summed E-state index contributed by atoms with van der Waals surface area (Å²) in [5.41, 5.74) is 1.80. The van der Waals surface area contributed by atoms with Crippen LogP contribution in [0.2, 0.25) is 0 Å². The van der Waals surface area contributed by atoms with Crippen molar-refractivity contribution >= 4 is 13.2 Å². The molecular formula is C17H25BO2. The van der Waals surface area contributed by atoms with Crippen molar-refractivity contribution in [2.24, 2.45) is 5.92 Å². The molecule has 1 aromatic rings. The van der Waals surface area contributed by atoms with Crippen LogP contribution in [0.5, 0.6) is 0 Å². The highest BCUT2D eigenvalue weighted by molar-refractivity contribution is 6.55. The van der Waals surface area contributed by atoms with Crippen LogP contribution in [-0.2, 0) is 9.31 Å². The Bertz CT molecular complexity index is 473. The Morgan fingerprint density at radius 2 is 1.50 bits per heavy atom. The largest absolute Gasteiger partial charge is 0.490 e. The van der Waals surface area contributed by atoms with Gasteiger partial charge < -0.3 is 9.31 Å². The molecule has 3 heteroatoms. The molecule has 0 radical (unpaired) electrons. The molecule has 0 spiro atoms. The van der Waals surface area contributed by atoms with E-state index in [-0.39, 0.29) is 18.3 Å². The van der Waals surface area contributed by atoms with Gasteiger partial charge in [-0.3, -0.25) is 0 Å². The van der Waals surface area contributed by atoms with Gasteiger partial charge in [0.05, 0.1) is 11.2 Å². The zero-order valence-electron chi connectivity index (χ0n) is 13.4. The predicted molar refractivity (Wildman–Crippen MR) is 85.3 cm³/mol. The van der Waals surface area contributed by atoms with Gasteiger partial charge in [0.1, 0.15) is 0 Å². The van der Waals surface area contributed by atoms with Crippen LogP contribution in [0.4, 0.5) is 0 Å². The molecule has 0 amide bonds. The van der Waals surface area contributed by atoms with Crippen LogP contribution >= 0.6 is 0 Å². The van der Waals surface area contributed by atoms with Crippen LogP contribution in [0.1, 0.15) is 47.1 Å². The first-order chi connectivity index (χ1) is 9.23.